The molecule has 2 heteroatoms. The average molecular weight is 443 g/mol. The molecule has 0 amide bonds. The molecule has 3 fully saturated rings. The molecule has 0 N–H and O–H groups in total. The van der Waals surface area contributed by atoms with E-state index in [1.807, 2.05) is 0 Å². The van der Waals surface area contributed by atoms with Crippen LogP contribution in [0.4, 0.5) is 0 Å². The van der Waals surface area contributed by atoms with Crippen molar-refractivity contribution in [2.24, 2.45) is 0 Å². The van der Waals surface area contributed by atoms with Crippen molar-refractivity contribution in [1.29, 1.82) is 0 Å². The molecular weight excluding hydrogens is 386 g/mol. The fraction of sp³-hybridized carbons (Fsp3) is 1.00. The zero-order valence-electron chi connectivity index (χ0n) is 21.1. The third-order valence-electron chi connectivity index (χ3n) is 10.5. The van der Waals surface area contributed by atoms with E-state index in [0.29, 0.717) is 0 Å². The average Bonchev–Trinajstić information content (AvgIpc) is 2.73. The van der Waals surface area contributed by atoms with Gasteiger partial charge in [0, 0.05) is 0 Å². The van der Waals surface area contributed by atoms with Crippen molar-refractivity contribution >= 4 is 13.9 Å². The Balaban J connectivity index is 2.25. The Labute approximate surface area is 185 Å². The maximum atomic E-state index is 2.72. The molecule has 0 unspecified atom stereocenters. The van der Waals surface area contributed by atoms with Gasteiger partial charge < -0.3 is 0 Å². The maximum absolute atomic E-state index is 2.72. The van der Waals surface area contributed by atoms with Gasteiger partial charge in [-0.3, -0.25) is 0 Å². The molecule has 3 aliphatic rings. The normalized spacial score (nSPS) is 25.8. The Morgan fingerprint density at radius 1 is 0.414 bits per heavy atom. The van der Waals surface area contributed by atoms with Crippen molar-refractivity contribution in [3.05, 3.63) is 0 Å². The molecule has 3 rings (SSSR count). The van der Waals surface area contributed by atoms with Crippen LogP contribution in [0.25, 0.3) is 0 Å². The van der Waals surface area contributed by atoms with Crippen LogP contribution in [0, 0.1) is 0 Å². The molecule has 0 saturated heterocycles. The summed E-state index contributed by atoms with van der Waals surface area (Å²) in [7, 11) is 0. The summed E-state index contributed by atoms with van der Waals surface area (Å²) in [5, 5.41) is 0. The van der Waals surface area contributed by atoms with Crippen LogP contribution in [0.5, 0.6) is 0 Å². The first-order valence-corrected chi connectivity index (χ1v) is 19.4. The summed E-state index contributed by atoms with van der Waals surface area (Å²) in [4.78, 5) is 0. The van der Waals surface area contributed by atoms with Gasteiger partial charge >= 0.3 is 186 Å². The Kier molecular flexibility index (Phi) is 9.00. The molecule has 29 heavy (non-hydrogen) atoms. The Morgan fingerprint density at radius 2 is 0.655 bits per heavy atom. The number of hydrogen-bond donors (Lipinski definition) is 0. The predicted octanol–water partition coefficient (Wildman–Crippen LogP) is 9.62. The Hall–Kier alpha value is 0.860. The zero-order chi connectivity index (χ0) is 21.1. The molecule has 0 aliphatic heterocycles. The van der Waals surface area contributed by atoms with Gasteiger partial charge in [-0.05, 0) is 0 Å². The summed E-state index contributed by atoms with van der Waals surface area (Å²) < 4.78 is 0. The number of rotatable bonds is 7. The Bertz CT molecular complexity index is 409. The van der Waals surface area contributed by atoms with Crippen LogP contribution < -0.4 is 0 Å². The summed E-state index contributed by atoms with van der Waals surface area (Å²) >= 11 is 0. The molecule has 0 aromatic carbocycles. The van der Waals surface area contributed by atoms with Gasteiger partial charge in [0.2, 0.25) is 0 Å². The van der Waals surface area contributed by atoms with E-state index in [1.54, 1.807) is 77.0 Å². The second kappa shape index (κ2) is 10.7. The molecule has 0 atom stereocenters. The second-order valence-electron chi connectivity index (χ2n) is 12.3. The van der Waals surface area contributed by atoms with Crippen molar-refractivity contribution in [2.75, 3.05) is 0 Å². The molecule has 0 radical (unpaired) electrons. The van der Waals surface area contributed by atoms with Crippen molar-refractivity contribution in [2.45, 2.75) is 172 Å². The molecular formula is C27H56P2. The van der Waals surface area contributed by atoms with Crippen LogP contribution in [0.3, 0.4) is 0 Å². The minimum atomic E-state index is -1.43. The number of hydrogen-bond acceptors (Lipinski definition) is 0. The molecule has 0 aromatic heterocycles. The summed E-state index contributed by atoms with van der Waals surface area (Å²) in [5.74, 6) is 0. The first-order valence-electron chi connectivity index (χ1n) is 13.9. The van der Waals surface area contributed by atoms with Crippen molar-refractivity contribution in [1.82, 2.24) is 0 Å². The SMILES string of the molecule is CC(C)[PH](C(C)C)(C(C)C)[PH](C1CCCCC1)(C1CCCCC1)C1CCCCC1. The summed E-state index contributed by atoms with van der Waals surface area (Å²) in [6, 6.07) is 0. The molecule has 0 aromatic rings. The standard InChI is InChI=1S/C27H56P2/c1-22(2)28(23(3)4,24(5)6)29(25-16-10-7-11-17-25,26-18-12-8-13-19-26)27-20-14-9-15-21-27/h22-29H,7-21H2,1-6H3. The van der Waals surface area contributed by atoms with E-state index in [-0.39, 0.29) is 0 Å². The zero-order valence-corrected chi connectivity index (χ0v) is 23.1. The van der Waals surface area contributed by atoms with E-state index in [2.05, 4.69) is 41.5 Å². The van der Waals surface area contributed by atoms with Gasteiger partial charge in [-0.2, -0.15) is 0 Å². The van der Waals surface area contributed by atoms with E-state index in [1.165, 1.54) is 36.2 Å². The van der Waals surface area contributed by atoms with Gasteiger partial charge in [0.05, 0.1) is 0 Å². The minimum absolute atomic E-state index is 0.986. The van der Waals surface area contributed by atoms with Crippen molar-refractivity contribution in [3.8, 4) is 0 Å². The molecule has 0 nitrogen and oxygen atoms in total. The van der Waals surface area contributed by atoms with Crippen molar-refractivity contribution in [3.63, 3.8) is 0 Å². The summed E-state index contributed by atoms with van der Waals surface area (Å²) in [6.45, 7) is 13.5. The van der Waals surface area contributed by atoms with Crippen LogP contribution in [0.2, 0.25) is 0 Å². The monoisotopic (exact) mass is 442 g/mol. The van der Waals surface area contributed by atoms with Crippen LogP contribution in [0.1, 0.15) is 138 Å². The molecule has 0 spiro atoms. The van der Waals surface area contributed by atoms with Gasteiger partial charge in [-0.15, -0.1) is 0 Å². The second-order valence-corrected chi connectivity index (χ2v) is 27.2. The van der Waals surface area contributed by atoms with Gasteiger partial charge in [0.1, 0.15) is 0 Å². The van der Waals surface area contributed by atoms with E-state index < -0.39 is 13.9 Å². The topological polar surface area (TPSA) is 0 Å². The molecule has 0 bridgehead atoms. The fourth-order valence-electron chi connectivity index (χ4n) is 10.3. The first-order chi connectivity index (χ1) is 13.9. The molecule has 0 heterocycles. The Morgan fingerprint density at radius 3 is 0.862 bits per heavy atom. The van der Waals surface area contributed by atoms with Crippen LogP contribution in [-0.4, -0.2) is 34.0 Å². The molecule has 174 valence electrons. The van der Waals surface area contributed by atoms with Crippen molar-refractivity contribution < 1.29 is 0 Å². The van der Waals surface area contributed by atoms with E-state index in [0.717, 1.165) is 17.0 Å². The van der Waals surface area contributed by atoms with Gasteiger partial charge in [-0.25, -0.2) is 0 Å². The van der Waals surface area contributed by atoms with Crippen LogP contribution >= 0.6 is 13.9 Å². The third-order valence-corrected chi connectivity index (χ3v) is 36.8. The van der Waals surface area contributed by atoms with Gasteiger partial charge in [0.25, 0.3) is 0 Å². The van der Waals surface area contributed by atoms with E-state index in [4.69, 9.17) is 0 Å². The first kappa shape index (κ1) is 24.5. The third kappa shape index (κ3) is 4.27. The summed E-state index contributed by atoms with van der Waals surface area (Å²) in [5.41, 5.74) is 6.55. The van der Waals surface area contributed by atoms with E-state index in [9.17, 15) is 0 Å². The van der Waals surface area contributed by atoms with E-state index >= 15 is 0 Å². The molecule has 3 saturated carbocycles. The predicted molar refractivity (Wildman–Crippen MR) is 143 cm³/mol. The molecule has 3 aliphatic carbocycles. The van der Waals surface area contributed by atoms with Gasteiger partial charge in [-0.1, -0.05) is 0 Å². The summed E-state index contributed by atoms with van der Waals surface area (Å²) in [6.07, 6.45) is 23.8. The fourth-order valence-corrected chi connectivity index (χ4v) is 43.5. The quantitative estimate of drug-likeness (QED) is 0.344. The van der Waals surface area contributed by atoms with Crippen LogP contribution in [0.15, 0.2) is 0 Å². The van der Waals surface area contributed by atoms with Gasteiger partial charge in [0.15, 0.2) is 0 Å². The van der Waals surface area contributed by atoms with Crippen LogP contribution in [-0.2, 0) is 0 Å².